The summed E-state index contributed by atoms with van der Waals surface area (Å²) in [6.45, 7) is -0.571. The number of amides is 2. The molecular formula is C25H19FN2O6. The fourth-order valence-electron chi connectivity index (χ4n) is 4.37. The number of carboxylic acids is 1. The van der Waals surface area contributed by atoms with Gasteiger partial charge in [0.25, 0.3) is 5.91 Å². The first-order chi connectivity index (χ1) is 16.5. The van der Waals surface area contributed by atoms with Gasteiger partial charge in [0.2, 0.25) is 5.91 Å². The van der Waals surface area contributed by atoms with E-state index < -0.39 is 48.3 Å². The number of halogens is 1. The molecule has 0 unspecified atom stereocenters. The van der Waals surface area contributed by atoms with Crippen molar-refractivity contribution in [3.05, 3.63) is 90.2 Å². The molecule has 2 heterocycles. The molecular weight excluding hydrogens is 443 g/mol. The van der Waals surface area contributed by atoms with Crippen LogP contribution in [0.2, 0.25) is 0 Å². The number of para-hydroxylation sites is 2. The molecule has 9 heteroatoms. The summed E-state index contributed by atoms with van der Waals surface area (Å²) in [5.74, 6) is -3.37. The summed E-state index contributed by atoms with van der Waals surface area (Å²) in [6.07, 6.45) is -1.12. The van der Waals surface area contributed by atoms with E-state index in [0.29, 0.717) is 11.3 Å². The molecule has 2 aliphatic heterocycles. The number of carbonyl (C=O) groups excluding carboxylic acids is 2. The Morgan fingerprint density at radius 2 is 1.59 bits per heavy atom. The maximum absolute atomic E-state index is 13.6. The van der Waals surface area contributed by atoms with Crippen molar-refractivity contribution < 1.29 is 33.5 Å². The van der Waals surface area contributed by atoms with Crippen LogP contribution in [0.3, 0.4) is 0 Å². The Hall–Kier alpha value is -4.24. The van der Waals surface area contributed by atoms with Gasteiger partial charge >= 0.3 is 5.97 Å². The number of nitrogens with zero attached hydrogens (tertiary/aromatic N) is 2. The molecule has 3 atom stereocenters. The van der Waals surface area contributed by atoms with Gasteiger partial charge in [-0.1, -0.05) is 36.4 Å². The van der Waals surface area contributed by atoms with E-state index in [9.17, 15) is 18.8 Å². The number of fused-ring (bicyclic) bond motifs is 1. The van der Waals surface area contributed by atoms with Crippen LogP contribution >= 0.6 is 0 Å². The molecule has 8 nitrogen and oxygen atoms in total. The zero-order valence-corrected chi connectivity index (χ0v) is 17.7. The molecule has 0 spiro atoms. The first kappa shape index (κ1) is 21.6. The van der Waals surface area contributed by atoms with Crippen molar-refractivity contribution >= 4 is 29.2 Å². The summed E-state index contributed by atoms with van der Waals surface area (Å²) < 4.78 is 18.9. The summed E-state index contributed by atoms with van der Waals surface area (Å²) in [7, 11) is 0. The average molecular weight is 462 g/mol. The molecule has 2 aliphatic rings. The largest absolute Gasteiger partial charge is 0.482 e. The number of anilines is 2. The van der Waals surface area contributed by atoms with Crippen molar-refractivity contribution in [2.75, 3.05) is 16.6 Å². The second kappa shape index (κ2) is 8.60. The number of rotatable bonds is 6. The van der Waals surface area contributed by atoms with Crippen molar-refractivity contribution in [1.29, 1.82) is 0 Å². The predicted octanol–water partition coefficient (Wildman–Crippen LogP) is 3.34. The number of carboxylic acid groups (broad SMARTS) is 1. The highest BCUT2D eigenvalue weighted by Crippen LogP contribution is 2.49. The lowest BCUT2D eigenvalue weighted by molar-refractivity contribution is -0.139. The zero-order chi connectivity index (χ0) is 23.8. The molecule has 34 heavy (non-hydrogen) atoms. The Labute approximate surface area is 193 Å². The van der Waals surface area contributed by atoms with Crippen molar-refractivity contribution in [2.24, 2.45) is 5.92 Å². The highest BCUT2D eigenvalue weighted by Gasteiger charge is 2.60. The molecule has 2 fully saturated rings. The fourth-order valence-corrected chi connectivity index (χ4v) is 4.37. The minimum absolute atomic E-state index is 0.245. The normalized spacial score (nSPS) is 21.6. The Bertz CT molecular complexity index is 1250. The van der Waals surface area contributed by atoms with Gasteiger partial charge in [0.1, 0.15) is 17.5 Å². The monoisotopic (exact) mass is 462 g/mol. The topological polar surface area (TPSA) is 96.4 Å². The minimum Gasteiger partial charge on any atom is -0.482 e. The molecule has 0 aliphatic carbocycles. The van der Waals surface area contributed by atoms with Crippen molar-refractivity contribution in [3.8, 4) is 5.75 Å². The number of imide groups is 1. The maximum atomic E-state index is 13.6. The number of hydrogen-bond donors (Lipinski definition) is 1. The van der Waals surface area contributed by atoms with Gasteiger partial charge in [-0.2, -0.15) is 0 Å². The van der Waals surface area contributed by atoms with Gasteiger partial charge < -0.3 is 9.84 Å². The minimum atomic E-state index is -1.15. The number of aliphatic carboxylic acids is 1. The van der Waals surface area contributed by atoms with E-state index in [1.165, 1.54) is 29.3 Å². The SMILES string of the molecule is O=C(O)COc1ccccc1[C@@H]1[C@H]2C(=O)N(c3ccc(F)cc3)C(=O)[C@H]2ON1c1ccccc1. The number of hydrogen-bond acceptors (Lipinski definition) is 6. The molecule has 0 bridgehead atoms. The van der Waals surface area contributed by atoms with Gasteiger partial charge in [-0.15, -0.1) is 0 Å². The molecule has 0 radical (unpaired) electrons. The quantitative estimate of drug-likeness (QED) is 0.562. The van der Waals surface area contributed by atoms with E-state index >= 15 is 0 Å². The van der Waals surface area contributed by atoms with E-state index in [1.807, 2.05) is 6.07 Å². The predicted molar refractivity (Wildman–Crippen MR) is 118 cm³/mol. The average Bonchev–Trinajstić information content (AvgIpc) is 3.35. The van der Waals surface area contributed by atoms with Crippen LogP contribution < -0.4 is 14.7 Å². The van der Waals surface area contributed by atoms with Crippen molar-refractivity contribution in [2.45, 2.75) is 12.1 Å². The summed E-state index contributed by atoms with van der Waals surface area (Å²) >= 11 is 0. The number of carbonyl (C=O) groups is 3. The van der Waals surface area contributed by atoms with Crippen LogP contribution in [-0.2, 0) is 19.2 Å². The smallest absolute Gasteiger partial charge is 0.341 e. The van der Waals surface area contributed by atoms with Gasteiger partial charge in [-0.25, -0.2) is 19.1 Å². The number of ether oxygens (including phenoxy) is 1. The standard InChI is InChI=1S/C25H19FN2O6/c26-15-10-12-16(13-11-15)27-24(31)21-22(18-8-4-5-9-19(18)33-14-20(29)30)28(34-23(21)25(27)32)17-6-2-1-3-7-17/h1-13,21-23H,14H2,(H,29,30)/t21-,22-,23+/m1/s1. The van der Waals surface area contributed by atoms with Gasteiger partial charge in [-0.05, 0) is 42.5 Å². The van der Waals surface area contributed by atoms with Crippen molar-refractivity contribution in [3.63, 3.8) is 0 Å². The first-order valence-electron chi connectivity index (χ1n) is 10.5. The van der Waals surface area contributed by atoms with Gasteiger partial charge in [0.15, 0.2) is 12.7 Å². The number of hydroxylamine groups is 1. The summed E-state index contributed by atoms with van der Waals surface area (Å²) in [5, 5.41) is 10.6. The number of benzene rings is 3. The molecule has 172 valence electrons. The Morgan fingerprint density at radius 1 is 0.912 bits per heavy atom. The molecule has 2 amide bonds. The van der Waals surface area contributed by atoms with Crippen LogP contribution in [0.4, 0.5) is 15.8 Å². The molecule has 0 aromatic heterocycles. The van der Waals surface area contributed by atoms with Crippen molar-refractivity contribution in [1.82, 2.24) is 0 Å². The lowest BCUT2D eigenvalue weighted by atomic mass is 9.90. The molecule has 1 N–H and O–H groups in total. The third kappa shape index (κ3) is 3.65. The summed E-state index contributed by atoms with van der Waals surface area (Å²) in [5.41, 5.74) is 1.36. The Morgan fingerprint density at radius 3 is 2.29 bits per heavy atom. The second-order valence-corrected chi connectivity index (χ2v) is 7.87. The van der Waals surface area contributed by atoms with E-state index in [-0.39, 0.29) is 11.4 Å². The van der Waals surface area contributed by atoms with E-state index in [2.05, 4.69) is 0 Å². The van der Waals surface area contributed by atoms with E-state index in [4.69, 9.17) is 14.7 Å². The Kier molecular flexibility index (Phi) is 5.46. The highest BCUT2D eigenvalue weighted by atomic mass is 19.1. The lowest BCUT2D eigenvalue weighted by Gasteiger charge is -2.29. The second-order valence-electron chi connectivity index (χ2n) is 7.87. The molecule has 2 saturated heterocycles. The van der Waals surface area contributed by atoms with Crippen LogP contribution in [0.25, 0.3) is 0 Å². The van der Waals surface area contributed by atoms with Gasteiger partial charge in [-0.3, -0.25) is 14.4 Å². The third-order valence-electron chi connectivity index (χ3n) is 5.80. The highest BCUT2D eigenvalue weighted by molar-refractivity contribution is 6.23. The van der Waals surface area contributed by atoms with E-state index in [0.717, 1.165) is 4.90 Å². The Balaban J connectivity index is 1.59. The summed E-state index contributed by atoms with van der Waals surface area (Å²) in [6, 6.07) is 20.0. The molecule has 3 aromatic carbocycles. The summed E-state index contributed by atoms with van der Waals surface area (Å²) in [4.78, 5) is 45.0. The van der Waals surface area contributed by atoms with Crippen LogP contribution in [0.15, 0.2) is 78.9 Å². The van der Waals surface area contributed by atoms with Gasteiger partial charge in [0.05, 0.1) is 17.4 Å². The van der Waals surface area contributed by atoms with Gasteiger partial charge in [0, 0.05) is 5.56 Å². The zero-order valence-electron chi connectivity index (χ0n) is 17.7. The van der Waals surface area contributed by atoms with Crippen LogP contribution in [0.1, 0.15) is 11.6 Å². The molecule has 0 saturated carbocycles. The van der Waals surface area contributed by atoms with E-state index in [1.54, 1.807) is 48.5 Å². The lowest BCUT2D eigenvalue weighted by Crippen LogP contribution is -2.37. The third-order valence-corrected chi connectivity index (χ3v) is 5.80. The molecule has 3 aromatic rings. The first-order valence-corrected chi connectivity index (χ1v) is 10.5. The van der Waals surface area contributed by atoms with Crippen LogP contribution in [-0.4, -0.2) is 35.6 Å². The fraction of sp³-hybridized carbons (Fsp3) is 0.160. The maximum Gasteiger partial charge on any atom is 0.341 e. The van der Waals surface area contributed by atoms with Crippen LogP contribution in [0.5, 0.6) is 5.75 Å². The van der Waals surface area contributed by atoms with Crippen LogP contribution in [0, 0.1) is 11.7 Å². The molecule has 5 rings (SSSR count).